The third kappa shape index (κ3) is 8.26. The van der Waals surface area contributed by atoms with Gasteiger partial charge in [0.15, 0.2) is 0 Å². The topological polar surface area (TPSA) is 198 Å². The smallest absolute Gasteiger partial charge is 0.353 e. The zero-order valence-corrected chi connectivity index (χ0v) is 14.3. The molecule has 6 N–H and O–H groups in total. The molecule has 0 atom stereocenters. The summed E-state index contributed by atoms with van der Waals surface area (Å²) in [6.45, 7) is 0. The molecule has 0 unspecified atom stereocenters. The van der Waals surface area contributed by atoms with Crippen LogP contribution < -0.4 is 0 Å². The number of hydrogen-bond donors (Lipinski definition) is 6. The van der Waals surface area contributed by atoms with Crippen molar-refractivity contribution >= 4 is 17.9 Å². The normalized spacial score (nSPS) is 8.64. The van der Waals surface area contributed by atoms with E-state index < -0.39 is 17.9 Å². The van der Waals surface area contributed by atoms with Gasteiger partial charge < -0.3 is 15.3 Å². The molecule has 0 spiro atoms. The summed E-state index contributed by atoms with van der Waals surface area (Å²) in [5, 5.41) is 41.8. The summed E-state index contributed by atoms with van der Waals surface area (Å²) in [4.78, 5) is 30.0. The minimum atomic E-state index is -0.984. The zero-order valence-electron chi connectivity index (χ0n) is 12.2. The largest absolute Gasteiger partial charge is 0.477 e. The van der Waals surface area contributed by atoms with Crippen LogP contribution in [0.2, 0.25) is 0 Å². The Bertz CT molecular complexity index is 651. The second-order valence-corrected chi connectivity index (χ2v) is 3.83. The van der Waals surface area contributed by atoms with E-state index in [2.05, 4.69) is 30.6 Å². The second-order valence-electron chi connectivity index (χ2n) is 3.83. The van der Waals surface area contributed by atoms with Gasteiger partial charge in [0.05, 0.1) is 0 Å². The Hall–Kier alpha value is -3.22. The van der Waals surface area contributed by atoms with E-state index in [9.17, 15) is 14.4 Å². The summed E-state index contributed by atoms with van der Waals surface area (Å²) in [5.41, 5.74) is 0.347. The van der Waals surface area contributed by atoms with E-state index in [1.165, 1.54) is 36.8 Å². The van der Waals surface area contributed by atoms with Crippen molar-refractivity contribution in [2.45, 2.75) is 0 Å². The molecule has 1 radical (unpaired) electrons. The van der Waals surface area contributed by atoms with Crippen LogP contribution in [0.25, 0.3) is 0 Å². The van der Waals surface area contributed by atoms with Crippen LogP contribution >= 0.6 is 0 Å². The summed E-state index contributed by atoms with van der Waals surface area (Å²) in [7, 11) is 0. The van der Waals surface area contributed by atoms with Crippen molar-refractivity contribution in [3.8, 4) is 0 Å². The number of carbonyl (C=O) groups is 3. The van der Waals surface area contributed by atoms with Crippen LogP contribution in [0.5, 0.6) is 0 Å². The molecule has 0 aliphatic carbocycles. The van der Waals surface area contributed by atoms with Crippen LogP contribution in [0, 0.1) is 0 Å². The first kappa shape index (κ1) is 21.8. The van der Waals surface area contributed by atoms with Gasteiger partial charge >= 0.3 is 17.9 Å². The Labute approximate surface area is 154 Å². The number of nitrogens with zero attached hydrogens (tertiary/aromatic N) is 3. The Balaban J connectivity index is 0.000000339. The SMILES string of the molecule is O=C(O)c1ccn[nH]1.O=C(O)c1ccn[nH]1.O=C(O)c1ccn[nH]1.[Au]. The zero-order chi connectivity index (χ0) is 17.9. The van der Waals surface area contributed by atoms with E-state index in [0.717, 1.165) is 0 Å². The summed E-state index contributed by atoms with van der Waals surface area (Å²) in [6, 6.07) is 4.17. The summed E-state index contributed by atoms with van der Waals surface area (Å²) < 4.78 is 0. The molecule has 12 nitrogen and oxygen atoms in total. The number of aromatic nitrogens is 6. The molecule has 3 aromatic heterocycles. The molecule has 3 rings (SSSR count). The van der Waals surface area contributed by atoms with Gasteiger partial charge in [-0.05, 0) is 18.2 Å². The van der Waals surface area contributed by atoms with E-state index in [1.807, 2.05) is 0 Å². The van der Waals surface area contributed by atoms with Gasteiger partial charge in [-0.2, -0.15) is 15.3 Å². The standard InChI is InChI=1S/3C4H4N2O2.Au/c3*7-4(8)3-1-2-5-6-3;/h3*1-2H,(H,5,6)(H,7,8);. The fraction of sp³-hybridized carbons (Fsp3) is 0. The van der Waals surface area contributed by atoms with E-state index in [-0.39, 0.29) is 39.5 Å². The first-order chi connectivity index (χ1) is 11.4. The van der Waals surface area contributed by atoms with Crippen molar-refractivity contribution in [2.75, 3.05) is 0 Å². The molecule has 0 aliphatic rings. The molecule has 3 heterocycles. The number of hydrogen-bond acceptors (Lipinski definition) is 6. The van der Waals surface area contributed by atoms with Crippen molar-refractivity contribution in [3.63, 3.8) is 0 Å². The van der Waals surface area contributed by atoms with Gasteiger partial charge in [0.25, 0.3) is 0 Å². The molecule has 3 aromatic rings. The second kappa shape index (κ2) is 11.3. The van der Waals surface area contributed by atoms with Gasteiger partial charge in [0.1, 0.15) is 17.1 Å². The van der Waals surface area contributed by atoms with E-state index >= 15 is 0 Å². The molecule has 13 heteroatoms. The minimum absolute atomic E-state index is 0. The van der Waals surface area contributed by atoms with Crippen LogP contribution in [0.3, 0.4) is 0 Å². The van der Waals surface area contributed by atoms with Gasteiger partial charge in [0, 0.05) is 41.0 Å². The number of nitrogens with one attached hydrogen (secondary N) is 3. The maximum Gasteiger partial charge on any atom is 0.353 e. The molecule has 0 saturated heterocycles. The van der Waals surface area contributed by atoms with Crippen molar-refractivity contribution in [2.24, 2.45) is 0 Å². The first-order valence-electron chi connectivity index (χ1n) is 6.09. The van der Waals surface area contributed by atoms with E-state index in [4.69, 9.17) is 15.3 Å². The van der Waals surface area contributed by atoms with Crippen LogP contribution in [0.4, 0.5) is 0 Å². The third-order valence-electron chi connectivity index (χ3n) is 2.19. The van der Waals surface area contributed by atoms with Gasteiger partial charge in [0.2, 0.25) is 0 Å². The molecule has 0 fully saturated rings. The number of aromatic amines is 3. The minimum Gasteiger partial charge on any atom is -0.477 e. The van der Waals surface area contributed by atoms with E-state index in [1.54, 1.807) is 0 Å². The number of carboxylic acid groups (broad SMARTS) is 3. The van der Waals surface area contributed by atoms with Crippen LogP contribution in [0.15, 0.2) is 36.8 Å². The summed E-state index contributed by atoms with van der Waals surface area (Å²) in [5.74, 6) is -2.95. The molecular formula is C12H12AuN6O6. The van der Waals surface area contributed by atoms with Crippen molar-refractivity contribution in [1.29, 1.82) is 0 Å². The quantitative estimate of drug-likeness (QED) is 0.257. The molecule has 0 saturated carbocycles. The van der Waals surface area contributed by atoms with Gasteiger partial charge in [-0.1, -0.05) is 0 Å². The monoisotopic (exact) mass is 533 g/mol. The fourth-order valence-corrected chi connectivity index (χ4v) is 1.12. The first-order valence-corrected chi connectivity index (χ1v) is 6.09. The molecule has 0 aromatic carbocycles. The number of carboxylic acids is 3. The van der Waals surface area contributed by atoms with Gasteiger partial charge in [-0.3, -0.25) is 15.3 Å². The Kier molecular flexibility index (Phi) is 9.88. The van der Waals surface area contributed by atoms with Gasteiger partial charge in [-0.25, -0.2) is 14.4 Å². The predicted molar refractivity (Wildman–Crippen MR) is 76.6 cm³/mol. The fourth-order valence-electron chi connectivity index (χ4n) is 1.12. The predicted octanol–water partition coefficient (Wildman–Crippen LogP) is 0.321. The number of H-pyrrole nitrogens is 3. The Morgan fingerprint density at radius 1 is 0.640 bits per heavy atom. The molecule has 0 bridgehead atoms. The Morgan fingerprint density at radius 3 is 0.960 bits per heavy atom. The number of aromatic carboxylic acids is 3. The van der Waals surface area contributed by atoms with Gasteiger partial charge in [-0.15, -0.1) is 0 Å². The molecule has 0 aliphatic heterocycles. The third-order valence-corrected chi connectivity index (χ3v) is 2.19. The molecular weight excluding hydrogens is 521 g/mol. The van der Waals surface area contributed by atoms with E-state index in [0.29, 0.717) is 0 Å². The molecule has 25 heavy (non-hydrogen) atoms. The maximum atomic E-state index is 9.99. The maximum absolute atomic E-state index is 9.99. The average molecular weight is 533 g/mol. The molecule has 0 amide bonds. The van der Waals surface area contributed by atoms with Crippen LogP contribution in [-0.4, -0.2) is 63.8 Å². The summed E-state index contributed by atoms with van der Waals surface area (Å²) >= 11 is 0. The van der Waals surface area contributed by atoms with Crippen molar-refractivity contribution in [1.82, 2.24) is 30.6 Å². The van der Waals surface area contributed by atoms with Crippen LogP contribution in [-0.2, 0) is 22.4 Å². The van der Waals surface area contributed by atoms with Crippen LogP contribution in [0.1, 0.15) is 31.5 Å². The average Bonchev–Trinajstić information content (AvgIpc) is 3.29. The number of rotatable bonds is 3. The summed E-state index contributed by atoms with van der Waals surface area (Å²) in [6.07, 6.45) is 4.18. The van der Waals surface area contributed by atoms with Crippen molar-refractivity contribution in [3.05, 3.63) is 53.9 Å². The molecule has 137 valence electrons. The Morgan fingerprint density at radius 2 is 0.880 bits per heavy atom. The van der Waals surface area contributed by atoms with Crippen molar-refractivity contribution < 1.29 is 52.1 Å².